The molecule has 0 amide bonds. The fraction of sp³-hybridized carbons (Fsp3) is 0.188. The summed E-state index contributed by atoms with van der Waals surface area (Å²) in [6.45, 7) is 0. The molecule has 1 heterocycles. The van der Waals surface area contributed by atoms with Gasteiger partial charge in [-0.3, -0.25) is 0 Å². The van der Waals surface area contributed by atoms with Gasteiger partial charge >= 0.3 is 0 Å². The van der Waals surface area contributed by atoms with E-state index in [9.17, 15) is 0 Å². The van der Waals surface area contributed by atoms with Crippen LogP contribution in [-0.2, 0) is 7.59 Å². The van der Waals surface area contributed by atoms with Gasteiger partial charge in [0.05, 0.1) is 7.11 Å². The average Bonchev–Trinajstić information content (AvgIpc) is 2.58. The van der Waals surface area contributed by atoms with E-state index in [1.807, 2.05) is 30.3 Å². The molecule has 0 bridgehead atoms. The average molecular weight is 472 g/mol. The van der Waals surface area contributed by atoms with Gasteiger partial charge in [0.25, 0.3) is 0 Å². The van der Waals surface area contributed by atoms with Gasteiger partial charge in [-0.2, -0.15) is 0 Å². The van der Waals surface area contributed by atoms with Crippen LogP contribution in [0.2, 0.25) is 0 Å². The van der Waals surface area contributed by atoms with E-state index in [1.54, 1.807) is 13.2 Å². The highest BCUT2D eigenvalue weighted by atomic mass is 35.6. The summed E-state index contributed by atoms with van der Waals surface area (Å²) in [6, 6.07) is 11.2. The van der Waals surface area contributed by atoms with Crippen LogP contribution in [0.3, 0.4) is 0 Å². The Hall–Kier alpha value is -0.750. The molecule has 1 aromatic heterocycles. The fourth-order valence-corrected chi connectivity index (χ4v) is 2.83. The van der Waals surface area contributed by atoms with E-state index in [1.165, 1.54) is 0 Å². The van der Waals surface area contributed by atoms with Crippen molar-refractivity contribution in [2.45, 2.75) is 7.59 Å². The van der Waals surface area contributed by atoms with Crippen molar-refractivity contribution in [2.24, 2.45) is 0 Å². The van der Waals surface area contributed by atoms with Gasteiger partial charge in [0.1, 0.15) is 5.75 Å². The summed E-state index contributed by atoms with van der Waals surface area (Å²) in [7, 11) is 1.59. The molecule has 0 aliphatic carbocycles. The number of fused-ring (bicyclic) bond motifs is 1. The van der Waals surface area contributed by atoms with Crippen molar-refractivity contribution in [1.82, 2.24) is 15.0 Å². The number of alkyl halides is 6. The first kappa shape index (κ1) is 20.0. The molecule has 26 heavy (non-hydrogen) atoms. The van der Waals surface area contributed by atoms with Gasteiger partial charge < -0.3 is 4.74 Å². The van der Waals surface area contributed by atoms with E-state index in [0.717, 1.165) is 10.8 Å². The second kappa shape index (κ2) is 7.34. The molecule has 0 N–H and O–H groups in total. The standard InChI is InChI=1S/C16H9Cl6N3O/c1-26-11-4-2-3-8-5-6-9(7-10(8)11)12-23-13(15(17,18)19)25-14(24-12)16(20,21)22/h2-7H,1H3. The minimum Gasteiger partial charge on any atom is -0.496 e. The topological polar surface area (TPSA) is 47.9 Å². The van der Waals surface area contributed by atoms with Crippen LogP contribution in [0.4, 0.5) is 0 Å². The zero-order valence-electron chi connectivity index (χ0n) is 13.0. The Balaban J connectivity index is 2.24. The lowest BCUT2D eigenvalue weighted by molar-refractivity contribution is 0.420. The van der Waals surface area contributed by atoms with Crippen LogP contribution in [0.5, 0.6) is 5.75 Å². The smallest absolute Gasteiger partial charge is 0.250 e. The third-order valence-corrected chi connectivity index (χ3v) is 4.48. The summed E-state index contributed by atoms with van der Waals surface area (Å²) in [5.41, 5.74) is 0.621. The number of rotatable bonds is 2. The zero-order chi connectivity index (χ0) is 19.1. The predicted octanol–water partition coefficient (Wildman–Crippen LogP) is 6.35. The monoisotopic (exact) mass is 469 g/mol. The molecule has 3 aromatic rings. The van der Waals surface area contributed by atoms with Crippen LogP contribution in [0.1, 0.15) is 11.6 Å². The maximum Gasteiger partial charge on any atom is 0.250 e. The van der Waals surface area contributed by atoms with Crippen molar-refractivity contribution >= 4 is 80.4 Å². The largest absolute Gasteiger partial charge is 0.496 e. The van der Waals surface area contributed by atoms with Crippen LogP contribution in [0, 0.1) is 0 Å². The number of aromatic nitrogens is 3. The lowest BCUT2D eigenvalue weighted by atomic mass is 10.1. The van der Waals surface area contributed by atoms with Crippen LogP contribution < -0.4 is 4.74 Å². The number of benzene rings is 2. The molecule has 10 heteroatoms. The van der Waals surface area contributed by atoms with Gasteiger partial charge in [0.2, 0.25) is 7.59 Å². The van der Waals surface area contributed by atoms with E-state index < -0.39 is 7.59 Å². The molecule has 0 saturated heterocycles. The first-order chi connectivity index (χ1) is 12.1. The normalized spacial score (nSPS) is 12.4. The Kier molecular flexibility index (Phi) is 5.65. The molecule has 2 aromatic carbocycles. The lowest BCUT2D eigenvalue weighted by Gasteiger charge is -2.16. The number of hydrogen-bond donors (Lipinski definition) is 0. The van der Waals surface area contributed by atoms with Gasteiger partial charge in [0.15, 0.2) is 17.5 Å². The molecule has 0 unspecified atom stereocenters. The molecular weight excluding hydrogens is 463 g/mol. The summed E-state index contributed by atoms with van der Waals surface area (Å²) >= 11 is 35.5. The highest BCUT2D eigenvalue weighted by Crippen LogP contribution is 2.41. The van der Waals surface area contributed by atoms with E-state index in [2.05, 4.69) is 15.0 Å². The third kappa shape index (κ3) is 4.22. The second-order valence-electron chi connectivity index (χ2n) is 5.20. The summed E-state index contributed by atoms with van der Waals surface area (Å²) < 4.78 is 1.58. The fourth-order valence-electron chi connectivity index (χ4n) is 2.32. The predicted molar refractivity (Wildman–Crippen MR) is 108 cm³/mol. The summed E-state index contributed by atoms with van der Waals surface area (Å²) in [5.74, 6) is 0.611. The maximum absolute atomic E-state index is 5.91. The molecule has 136 valence electrons. The molecule has 0 atom stereocenters. The molecule has 0 saturated carbocycles. The van der Waals surface area contributed by atoms with Crippen LogP contribution in [0.15, 0.2) is 36.4 Å². The van der Waals surface area contributed by atoms with Gasteiger partial charge in [-0.15, -0.1) is 0 Å². The zero-order valence-corrected chi connectivity index (χ0v) is 17.5. The van der Waals surface area contributed by atoms with Crippen molar-refractivity contribution in [3.63, 3.8) is 0 Å². The summed E-state index contributed by atoms with van der Waals surface area (Å²) in [6.07, 6.45) is 0. The molecular formula is C16H9Cl6N3O. The minimum atomic E-state index is -1.91. The molecule has 4 nitrogen and oxygen atoms in total. The summed E-state index contributed by atoms with van der Waals surface area (Å²) in [4.78, 5) is 12.4. The molecule has 0 aliphatic heterocycles. The molecule has 0 radical (unpaired) electrons. The van der Waals surface area contributed by atoms with Gasteiger partial charge in [0, 0.05) is 10.9 Å². The maximum atomic E-state index is 5.91. The van der Waals surface area contributed by atoms with Crippen LogP contribution in [0.25, 0.3) is 22.2 Å². The van der Waals surface area contributed by atoms with Gasteiger partial charge in [-0.25, -0.2) is 15.0 Å². The highest BCUT2D eigenvalue weighted by molar-refractivity contribution is 6.67. The van der Waals surface area contributed by atoms with E-state index >= 15 is 0 Å². The van der Waals surface area contributed by atoms with Crippen molar-refractivity contribution < 1.29 is 4.74 Å². The number of nitrogens with zero attached hydrogens (tertiary/aromatic N) is 3. The Morgan fingerprint density at radius 1 is 0.808 bits per heavy atom. The second-order valence-corrected chi connectivity index (χ2v) is 9.76. The number of ether oxygens (including phenoxy) is 1. The minimum absolute atomic E-state index is 0.144. The van der Waals surface area contributed by atoms with Gasteiger partial charge in [-0.1, -0.05) is 93.9 Å². The van der Waals surface area contributed by atoms with Crippen LogP contribution in [-0.4, -0.2) is 22.1 Å². The first-order valence-electron chi connectivity index (χ1n) is 7.07. The van der Waals surface area contributed by atoms with Crippen molar-refractivity contribution in [3.05, 3.63) is 48.0 Å². The quantitative estimate of drug-likeness (QED) is 0.408. The molecule has 0 aliphatic rings. The Morgan fingerprint density at radius 2 is 1.42 bits per heavy atom. The van der Waals surface area contributed by atoms with Crippen molar-refractivity contribution in [3.8, 4) is 17.1 Å². The Morgan fingerprint density at radius 3 is 1.96 bits per heavy atom. The van der Waals surface area contributed by atoms with Crippen molar-refractivity contribution in [1.29, 1.82) is 0 Å². The van der Waals surface area contributed by atoms with Crippen LogP contribution >= 0.6 is 69.6 Å². The highest BCUT2D eigenvalue weighted by Gasteiger charge is 2.34. The van der Waals surface area contributed by atoms with E-state index in [0.29, 0.717) is 11.3 Å². The molecule has 3 rings (SSSR count). The van der Waals surface area contributed by atoms with E-state index in [4.69, 9.17) is 74.3 Å². The third-order valence-electron chi connectivity index (χ3n) is 3.46. The van der Waals surface area contributed by atoms with Gasteiger partial charge in [-0.05, 0) is 17.5 Å². The number of methoxy groups -OCH3 is 1. The number of hydrogen-bond acceptors (Lipinski definition) is 4. The molecule has 0 spiro atoms. The SMILES string of the molecule is COc1cccc2ccc(-c3nc(C(Cl)(Cl)Cl)nc(C(Cl)(Cl)Cl)n3)cc12. The van der Waals surface area contributed by atoms with Crippen molar-refractivity contribution in [2.75, 3.05) is 7.11 Å². The Bertz CT molecular complexity index is 936. The first-order valence-corrected chi connectivity index (χ1v) is 9.34. The molecule has 0 fully saturated rings. The number of halogens is 6. The Labute approximate surface area is 179 Å². The summed E-state index contributed by atoms with van der Waals surface area (Å²) in [5, 5.41) is 1.84. The lowest BCUT2D eigenvalue weighted by Crippen LogP contribution is -2.16. The van der Waals surface area contributed by atoms with E-state index in [-0.39, 0.29) is 17.5 Å².